The van der Waals surface area contributed by atoms with Gasteiger partial charge < -0.3 is 10.1 Å². The number of nitrogens with zero attached hydrogens (tertiary/aromatic N) is 4. The number of likely N-dealkylation sites (tertiary alicyclic amines) is 1. The number of hydrogen-bond donors (Lipinski definition) is 1. The monoisotopic (exact) mass is 319 g/mol. The Bertz CT molecular complexity index is 495. The maximum atomic E-state index is 6.23. The van der Waals surface area contributed by atoms with E-state index in [0.717, 1.165) is 26.2 Å². The van der Waals surface area contributed by atoms with Gasteiger partial charge in [0, 0.05) is 19.6 Å². The molecule has 3 fully saturated rings. The summed E-state index contributed by atoms with van der Waals surface area (Å²) in [6.45, 7) is 5.33. The number of aromatic nitrogens is 3. The Kier molecular flexibility index (Phi) is 4.92. The summed E-state index contributed by atoms with van der Waals surface area (Å²) in [7, 11) is 0. The first-order valence-corrected chi connectivity index (χ1v) is 9.36. The molecule has 128 valence electrons. The van der Waals surface area contributed by atoms with Crippen molar-refractivity contribution >= 4 is 0 Å². The van der Waals surface area contributed by atoms with Crippen molar-refractivity contribution in [2.24, 2.45) is 0 Å². The van der Waals surface area contributed by atoms with Crippen LogP contribution in [0.1, 0.15) is 56.7 Å². The van der Waals surface area contributed by atoms with E-state index in [0.29, 0.717) is 18.2 Å². The van der Waals surface area contributed by atoms with Crippen molar-refractivity contribution < 1.29 is 4.74 Å². The van der Waals surface area contributed by atoms with E-state index in [2.05, 4.69) is 25.2 Å². The summed E-state index contributed by atoms with van der Waals surface area (Å²) < 4.78 is 8.39. The van der Waals surface area contributed by atoms with Gasteiger partial charge >= 0.3 is 0 Å². The minimum atomic E-state index is 0.426. The zero-order valence-corrected chi connectivity index (χ0v) is 14.0. The van der Waals surface area contributed by atoms with Gasteiger partial charge in [-0.2, -0.15) is 0 Å². The molecule has 1 N–H and O–H groups in total. The van der Waals surface area contributed by atoms with Crippen molar-refractivity contribution in [1.82, 2.24) is 25.2 Å². The minimum absolute atomic E-state index is 0.426. The van der Waals surface area contributed by atoms with Crippen LogP contribution in [0.5, 0.6) is 0 Å². The van der Waals surface area contributed by atoms with Gasteiger partial charge in [0.2, 0.25) is 0 Å². The van der Waals surface area contributed by atoms with E-state index in [1.54, 1.807) is 0 Å². The molecule has 3 heterocycles. The Morgan fingerprint density at radius 2 is 2.04 bits per heavy atom. The molecule has 2 saturated heterocycles. The average Bonchev–Trinajstić information content (AvgIpc) is 3.00. The van der Waals surface area contributed by atoms with Crippen LogP contribution >= 0.6 is 0 Å². The lowest BCUT2D eigenvalue weighted by Gasteiger charge is -2.37. The zero-order chi connectivity index (χ0) is 15.5. The molecule has 0 aromatic carbocycles. The van der Waals surface area contributed by atoms with Gasteiger partial charge in [-0.1, -0.05) is 5.21 Å². The highest BCUT2D eigenvalue weighted by molar-refractivity contribution is 4.98. The molecule has 1 aromatic heterocycles. The van der Waals surface area contributed by atoms with E-state index < -0.39 is 0 Å². The molecule has 2 unspecified atom stereocenters. The molecular formula is C17H29N5O. The topological polar surface area (TPSA) is 55.2 Å². The molecular weight excluding hydrogens is 290 g/mol. The molecule has 1 aromatic rings. The van der Waals surface area contributed by atoms with Crippen molar-refractivity contribution in [3.05, 3.63) is 11.9 Å². The Morgan fingerprint density at radius 1 is 1.13 bits per heavy atom. The number of rotatable bonds is 5. The summed E-state index contributed by atoms with van der Waals surface area (Å²) in [6.07, 6.45) is 11.7. The number of nitrogens with one attached hydrogen (secondary N) is 1. The van der Waals surface area contributed by atoms with Gasteiger partial charge in [0.25, 0.3) is 0 Å². The molecule has 3 aliphatic rings. The number of piperidine rings is 2. The van der Waals surface area contributed by atoms with Crippen LogP contribution in [0.25, 0.3) is 0 Å². The second-order valence-electron chi connectivity index (χ2n) is 7.36. The highest BCUT2D eigenvalue weighted by atomic mass is 16.5. The van der Waals surface area contributed by atoms with E-state index in [-0.39, 0.29) is 0 Å². The zero-order valence-electron chi connectivity index (χ0n) is 14.0. The predicted octanol–water partition coefficient (Wildman–Crippen LogP) is 1.74. The Hall–Kier alpha value is -0.980. The van der Waals surface area contributed by atoms with E-state index in [9.17, 15) is 0 Å². The highest BCUT2D eigenvalue weighted by Gasteiger charge is 2.27. The minimum Gasteiger partial charge on any atom is -0.374 e. The van der Waals surface area contributed by atoms with Crippen LogP contribution in [0.4, 0.5) is 0 Å². The van der Waals surface area contributed by atoms with Crippen LogP contribution < -0.4 is 5.32 Å². The van der Waals surface area contributed by atoms with Crippen LogP contribution in [0.3, 0.4) is 0 Å². The molecule has 0 radical (unpaired) electrons. The fraction of sp³-hybridized carbons (Fsp3) is 0.882. The van der Waals surface area contributed by atoms with E-state index >= 15 is 0 Å². The molecule has 6 heteroatoms. The molecule has 0 amide bonds. The third-order valence-electron chi connectivity index (χ3n) is 5.55. The second kappa shape index (κ2) is 7.28. The van der Waals surface area contributed by atoms with Crippen molar-refractivity contribution in [3.8, 4) is 0 Å². The number of hydrogen-bond acceptors (Lipinski definition) is 5. The molecule has 6 nitrogen and oxygen atoms in total. The fourth-order valence-corrected chi connectivity index (χ4v) is 4.00. The highest BCUT2D eigenvalue weighted by Crippen LogP contribution is 2.26. The SMILES string of the molecule is c1nnn(C2CCCNC2)c1CN1CCCC(OC2CCC2)C1. The van der Waals surface area contributed by atoms with Gasteiger partial charge in [0.05, 0.1) is 30.1 Å². The summed E-state index contributed by atoms with van der Waals surface area (Å²) in [5.41, 5.74) is 1.25. The standard InChI is InChI=1S/C17H29N5O/c1-5-16(6-1)23-17-7-3-9-21(13-17)12-15-11-19-20-22(15)14-4-2-8-18-10-14/h11,14,16-18H,1-10,12-13H2. The first-order valence-electron chi connectivity index (χ1n) is 9.36. The summed E-state index contributed by atoms with van der Waals surface area (Å²) >= 11 is 0. The first kappa shape index (κ1) is 15.5. The third-order valence-corrected chi connectivity index (χ3v) is 5.55. The molecule has 4 rings (SSSR count). The van der Waals surface area contributed by atoms with Gasteiger partial charge in [-0.05, 0) is 58.0 Å². The lowest BCUT2D eigenvalue weighted by molar-refractivity contribution is -0.0789. The van der Waals surface area contributed by atoms with Crippen molar-refractivity contribution in [2.45, 2.75) is 69.7 Å². The molecule has 1 saturated carbocycles. The first-order chi connectivity index (χ1) is 11.4. The maximum Gasteiger partial charge on any atom is 0.0738 e. The molecule has 1 aliphatic carbocycles. The van der Waals surface area contributed by atoms with Crippen molar-refractivity contribution in [1.29, 1.82) is 0 Å². The van der Waals surface area contributed by atoms with Crippen LogP contribution in [0.15, 0.2) is 6.20 Å². The van der Waals surface area contributed by atoms with Gasteiger partial charge in [-0.25, -0.2) is 4.68 Å². The lowest BCUT2D eigenvalue weighted by atomic mass is 9.95. The molecule has 0 spiro atoms. The summed E-state index contributed by atoms with van der Waals surface area (Å²) in [5, 5.41) is 12.0. The Labute approximate surface area is 138 Å². The van der Waals surface area contributed by atoms with Crippen LogP contribution in [-0.2, 0) is 11.3 Å². The largest absolute Gasteiger partial charge is 0.374 e. The second-order valence-corrected chi connectivity index (χ2v) is 7.36. The Morgan fingerprint density at radius 3 is 2.83 bits per heavy atom. The van der Waals surface area contributed by atoms with Gasteiger partial charge in [-0.3, -0.25) is 4.90 Å². The van der Waals surface area contributed by atoms with Crippen molar-refractivity contribution in [2.75, 3.05) is 26.2 Å². The third kappa shape index (κ3) is 3.75. The molecule has 2 aliphatic heterocycles. The Balaban J connectivity index is 1.34. The molecule has 2 atom stereocenters. The predicted molar refractivity (Wildman–Crippen MR) is 88.2 cm³/mol. The summed E-state index contributed by atoms with van der Waals surface area (Å²) in [4.78, 5) is 2.53. The fourth-order valence-electron chi connectivity index (χ4n) is 4.00. The van der Waals surface area contributed by atoms with Gasteiger partial charge in [0.15, 0.2) is 0 Å². The number of ether oxygens (including phenoxy) is 1. The lowest BCUT2D eigenvalue weighted by Crippen LogP contribution is -2.42. The van der Waals surface area contributed by atoms with E-state index in [1.165, 1.54) is 57.2 Å². The van der Waals surface area contributed by atoms with E-state index in [1.807, 2.05) is 6.20 Å². The van der Waals surface area contributed by atoms with Crippen LogP contribution in [-0.4, -0.2) is 58.3 Å². The van der Waals surface area contributed by atoms with Crippen LogP contribution in [0.2, 0.25) is 0 Å². The normalized spacial score (nSPS) is 30.3. The summed E-state index contributed by atoms with van der Waals surface area (Å²) in [6, 6.07) is 0.466. The van der Waals surface area contributed by atoms with Gasteiger partial charge in [0.1, 0.15) is 0 Å². The van der Waals surface area contributed by atoms with Crippen LogP contribution in [0, 0.1) is 0 Å². The maximum absolute atomic E-state index is 6.23. The summed E-state index contributed by atoms with van der Waals surface area (Å²) in [5.74, 6) is 0. The average molecular weight is 319 g/mol. The molecule has 23 heavy (non-hydrogen) atoms. The van der Waals surface area contributed by atoms with Gasteiger partial charge in [-0.15, -0.1) is 5.10 Å². The smallest absolute Gasteiger partial charge is 0.0738 e. The quantitative estimate of drug-likeness (QED) is 0.896. The molecule has 0 bridgehead atoms. The van der Waals surface area contributed by atoms with Crippen molar-refractivity contribution in [3.63, 3.8) is 0 Å². The van der Waals surface area contributed by atoms with E-state index in [4.69, 9.17) is 4.74 Å².